The number of hydrogen-bond donors (Lipinski definition) is 2. The van der Waals surface area contributed by atoms with Crippen LogP contribution in [0.25, 0.3) is 10.9 Å². The predicted molar refractivity (Wildman–Crippen MR) is 63.5 cm³/mol. The lowest BCUT2D eigenvalue weighted by molar-refractivity contribution is 0.278. The Kier molecular flexibility index (Phi) is 3.05. The molecule has 2 rings (SSSR count). The third-order valence-electron chi connectivity index (χ3n) is 2.30. The van der Waals surface area contributed by atoms with Crippen molar-refractivity contribution in [3.63, 3.8) is 0 Å². The summed E-state index contributed by atoms with van der Waals surface area (Å²) in [5.41, 5.74) is 1.73. The number of hydrogen-bond acceptors (Lipinski definition) is 2. The molecule has 0 saturated heterocycles. The van der Waals surface area contributed by atoms with Crippen molar-refractivity contribution < 1.29 is 5.11 Å². The molecule has 1 aromatic carbocycles. The highest BCUT2D eigenvalue weighted by Gasteiger charge is 2.09. The molecule has 0 aliphatic rings. The lowest BCUT2D eigenvalue weighted by Crippen LogP contribution is -1.99. The predicted octanol–water partition coefficient (Wildman–Crippen LogP) is 2.85. The minimum absolute atomic E-state index is 0.0820. The molecule has 1 aromatic heterocycles. The second kappa shape index (κ2) is 4.31. The highest BCUT2D eigenvalue weighted by atomic mass is 35.5. The molecule has 0 spiro atoms. The van der Waals surface area contributed by atoms with Gasteiger partial charge in [-0.3, -0.25) is 4.84 Å². The fraction of sp³-hybridized carbons (Fsp3) is 0.200. The van der Waals surface area contributed by atoms with Gasteiger partial charge < -0.3 is 9.67 Å². The number of aromatic nitrogens is 1. The second-order valence-corrected chi connectivity index (χ2v) is 3.78. The van der Waals surface area contributed by atoms with Crippen molar-refractivity contribution in [2.24, 2.45) is 0 Å². The number of anilines is 1. The fourth-order valence-electron chi connectivity index (χ4n) is 1.67. The first kappa shape index (κ1) is 10.6. The number of nitrogens with zero attached hydrogens (tertiary/aromatic N) is 1. The maximum atomic E-state index is 8.91. The highest BCUT2D eigenvalue weighted by Crippen LogP contribution is 2.32. The average Bonchev–Trinajstić information content (AvgIpc) is 2.57. The molecule has 0 bridgehead atoms. The van der Waals surface area contributed by atoms with Crippen LogP contribution in [0.4, 0.5) is 5.69 Å². The number of benzene rings is 1. The molecular formula is C10H10Cl2N2O. The van der Waals surface area contributed by atoms with E-state index in [0.29, 0.717) is 11.6 Å². The van der Waals surface area contributed by atoms with Crippen molar-refractivity contribution in [2.45, 2.75) is 6.54 Å². The van der Waals surface area contributed by atoms with Gasteiger partial charge >= 0.3 is 0 Å². The molecular weight excluding hydrogens is 235 g/mol. The zero-order valence-corrected chi connectivity index (χ0v) is 9.39. The summed E-state index contributed by atoms with van der Waals surface area (Å²) in [6.07, 6.45) is 1.79. The van der Waals surface area contributed by atoms with E-state index in [1.807, 2.05) is 22.8 Å². The molecule has 0 aliphatic heterocycles. The smallest absolute Gasteiger partial charge is 0.0682 e. The van der Waals surface area contributed by atoms with Crippen LogP contribution in [0, 0.1) is 0 Å². The highest BCUT2D eigenvalue weighted by molar-refractivity contribution is 6.37. The van der Waals surface area contributed by atoms with Crippen LogP contribution in [-0.2, 0) is 6.54 Å². The molecule has 0 fully saturated rings. The van der Waals surface area contributed by atoms with Crippen molar-refractivity contribution >= 4 is 40.0 Å². The molecule has 2 aromatic rings. The summed E-state index contributed by atoms with van der Waals surface area (Å²) in [5.74, 6) is 0. The number of fused-ring (bicyclic) bond motifs is 1. The third kappa shape index (κ3) is 1.78. The fourth-order valence-corrected chi connectivity index (χ4v) is 2.15. The Morgan fingerprint density at radius 1 is 1.40 bits per heavy atom. The molecule has 1 heterocycles. The molecule has 0 atom stereocenters. The van der Waals surface area contributed by atoms with Gasteiger partial charge in [0, 0.05) is 29.9 Å². The van der Waals surface area contributed by atoms with Gasteiger partial charge in [-0.05, 0) is 12.1 Å². The van der Waals surface area contributed by atoms with Crippen LogP contribution in [0.1, 0.15) is 0 Å². The number of halogens is 2. The quantitative estimate of drug-likeness (QED) is 0.816. The van der Waals surface area contributed by atoms with Gasteiger partial charge in [-0.1, -0.05) is 17.7 Å². The maximum Gasteiger partial charge on any atom is 0.0682 e. The summed E-state index contributed by atoms with van der Waals surface area (Å²) in [6, 6.07) is 5.68. The van der Waals surface area contributed by atoms with Crippen LogP contribution in [0.5, 0.6) is 0 Å². The van der Waals surface area contributed by atoms with Gasteiger partial charge in [0.05, 0.1) is 22.8 Å². The normalized spacial score (nSPS) is 10.9. The van der Waals surface area contributed by atoms with Gasteiger partial charge in [0.1, 0.15) is 0 Å². The van der Waals surface area contributed by atoms with Crippen molar-refractivity contribution in [3.8, 4) is 0 Å². The molecule has 0 unspecified atom stereocenters. The SMILES string of the molecule is OCCn1cc(Cl)c2c(NCl)cccc21. The van der Waals surface area contributed by atoms with Gasteiger partial charge in [-0.25, -0.2) is 0 Å². The molecule has 0 amide bonds. The molecule has 0 radical (unpaired) electrons. The van der Waals surface area contributed by atoms with Crippen molar-refractivity contribution in [2.75, 3.05) is 11.4 Å². The van der Waals surface area contributed by atoms with E-state index in [-0.39, 0.29) is 6.61 Å². The zero-order chi connectivity index (χ0) is 10.8. The van der Waals surface area contributed by atoms with E-state index in [1.54, 1.807) is 6.20 Å². The van der Waals surface area contributed by atoms with Gasteiger partial charge in [-0.2, -0.15) is 0 Å². The molecule has 2 N–H and O–H groups in total. The first-order valence-corrected chi connectivity index (χ1v) is 5.28. The van der Waals surface area contributed by atoms with Crippen molar-refractivity contribution in [3.05, 3.63) is 29.4 Å². The lowest BCUT2D eigenvalue weighted by atomic mass is 10.2. The number of aliphatic hydroxyl groups excluding tert-OH is 1. The van der Waals surface area contributed by atoms with Gasteiger partial charge in [-0.15, -0.1) is 0 Å². The Balaban J connectivity index is 2.68. The Morgan fingerprint density at radius 2 is 2.20 bits per heavy atom. The summed E-state index contributed by atoms with van der Waals surface area (Å²) < 4.78 is 1.90. The van der Waals surface area contributed by atoms with Crippen LogP contribution in [0.15, 0.2) is 24.4 Å². The number of nitrogens with one attached hydrogen (secondary N) is 1. The van der Waals surface area contributed by atoms with Crippen LogP contribution < -0.4 is 4.84 Å². The monoisotopic (exact) mass is 244 g/mol. The standard InChI is InChI=1S/C10H10Cl2N2O/c11-7-6-14(4-5-15)9-3-1-2-8(13-12)10(7)9/h1-3,6,13,15H,4-5H2. The molecule has 0 aliphatic carbocycles. The minimum Gasteiger partial charge on any atom is -0.395 e. The minimum atomic E-state index is 0.0820. The van der Waals surface area contributed by atoms with Crippen LogP contribution in [0.3, 0.4) is 0 Å². The van der Waals surface area contributed by atoms with Crippen LogP contribution in [-0.4, -0.2) is 16.3 Å². The topological polar surface area (TPSA) is 37.2 Å². The van der Waals surface area contributed by atoms with E-state index >= 15 is 0 Å². The van der Waals surface area contributed by atoms with E-state index in [4.69, 9.17) is 28.5 Å². The van der Waals surface area contributed by atoms with E-state index < -0.39 is 0 Å². The van der Waals surface area contributed by atoms with Gasteiger partial charge in [0.25, 0.3) is 0 Å². The van der Waals surface area contributed by atoms with E-state index in [1.165, 1.54) is 0 Å². The van der Waals surface area contributed by atoms with E-state index in [0.717, 1.165) is 16.6 Å². The van der Waals surface area contributed by atoms with Gasteiger partial charge in [0.15, 0.2) is 0 Å². The average molecular weight is 245 g/mol. The van der Waals surface area contributed by atoms with E-state index in [2.05, 4.69) is 4.84 Å². The van der Waals surface area contributed by atoms with Crippen LogP contribution in [0.2, 0.25) is 5.02 Å². The number of aliphatic hydroxyl groups is 1. The first-order chi connectivity index (χ1) is 7.27. The Morgan fingerprint density at radius 3 is 2.87 bits per heavy atom. The molecule has 15 heavy (non-hydrogen) atoms. The summed E-state index contributed by atoms with van der Waals surface area (Å²) in [5, 5.41) is 10.4. The molecule has 5 heteroatoms. The Hall–Kier alpha value is -0.900. The molecule has 80 valence electrons. The second-order valence-electron chi connectivity index (χ2n) is 3.19. The third-order valence-corrected chi connectivity index (χ3v) is 2.79. The first-order valence-electron chi connectivity index (χ1n) is 4.52. The summed E-state index contributed by atoms with van der Waals surface area (Å²) in [4.78, 5) is 2.58. The summed E-state index contributed by atoms with van der Waals surface area (Å²) >= 11 is 11.7. The van der Waals surface area contributed by atoms with Crippen molar-refractivity contribution in [1.29, 1.82) is 0 Å². The zero-order valence-electron chi connectivity index (χ0n) is 7.87. The van der Waals surface area contributed by atoms with Crippen LogP contribution >= 0.6 is 23.4 Å². The Bertz CT molecular complexity index is 481. The van der Waals surface area contributed by atoms with Crippen molar-refractivity contribution in [1.82, 2.24) is 4.57 Å². The Labute approximate surface area is 97.3 Å². The lowest BCUT2D eigenvalue weighted by Gasteiger charge is -2.03. The molecule has 3 nitrogen and oxygen atoms in total. The summed E-state index contributed by atoms with van der Waals surface area (Å²) in [6.45, 7) is 0.605. The maximum absolute atomic E-state index is 8.91. The number of rotatable bonds is 3. The largest absolute Gasteiger partial charge is 0.395 e. The van der Waals surface area contributed by atoms with Gasteiger partial charge in [0.2, 0.25) is 0 Å². The summed E-state index contributed by atoms with van der Waals surface area (Å²) in [7, 11) is 0. The van der Waals surface area contributed by atoms with E-state index in [9.17, 15) is 0 Å². The molecule has 0 saturated carbocycles.